The second-order valence-corrected chi connectivity index (χ2v) is 8.71. The molecule has 24 heavy (non-hydrogen) atoms. The molecular weight excluding hydrogens is 318 g/mol. The summed E-state index contributed by atoms with van der Waals surface area (Å²) < 4.78 is 1.96. The fraction of sp³-hybridized carbons (Fsp3) is 0.474. The number of hydrogen-bond acceptors (Lipinski definition) is 3. The van der Waals surface area contributed by atoms with Gasteiger partial charge in [-0.2, -0.15) is 16.9 Å². The second-order valence-electron chi connectivity index (χ2n) is 7.72. The number of benzene rings is 1. The first kappa shape index (κ1) is 17.1. The molecule has 0 saturated heterocycles. The van der Waals surface area contributed by atoms with Crippen molar-refractivity contribution in [1.29, 1.82) is 0 Å². The van der Waals surface area contributed by atoms with Crippen LogP contribution in [0.25, 0.3) is 5.69 Å². The van der Waals surface area contributed by atoms with E-state index in [0.29, 0.717) is 5.56 Å². The van der Waals surface area contributed by atoms with Gasteiger partial charge in [0.1, 0.15) is 0 Å². The molecule has 1 N–H and O–H groups in total. The van der Waals surface area contributed by atoms with Crippen molar-refractivity contribution in [3.63, 3.8) is 0 Å². The zero-order valence-electron chi connectivity index (χ0n) is 15.0. The van der Waals surface area contributed by atoms with Crippen molar-refractivity contribution < 1.29 is 4.79 Å². The summed E-state index contributed by atoms with van der Waals surface area (Å²) in [5.74, 6) is 2.11. The van der Waals surface area contributed by atoms with Crippen molar-refractivity contribution in [2.24, 2.45) is 0 Å². The van der Waals surface area contributed by atoms with Gasteiger partial charge in [-0.15, -0.1) is 0 Å². The number of hydrogen-bond donors (Lipinski definition) is 1. The molecule has 1 aromatic heterocycles. The Morgan fingerprint density at radius 2 is 1.75 bits per heavy atom. The van der Waals surface area contributed by atoms with E-state index in [4.69, 9.17) is 5.10 Å². The Bertz CT molecular complexity index is 726. The van der Waals surface area contributed by atoms with Crippen LogP contribution in [0.5, 0.6) is 0 Å². The van der Waals surface area contributed by atoms with Gasteiger partial charge < -0.3 is 5.32 Å². The summed E-state index contributed by atoms with van der Waals surface area (Å²) in [5.41, 5.74) is 4.32. The van der Waals surface area contributed by atoms with Gasteiger partial charge in [-0.05, 0) is 24.3 Å². The van der Waals surface area contributed by atoms with Crippen molar-refractivity contribution >= 4 is 17.7 Å². The van der Waals surface area contributed by atoms with Crippen LogP contribution in [0.2, 0.25) is 0 Å². The minimum absolute atomic E-state index is 0.0566. The van der Waals surface area contributed by atoms with Crippen LogP contribution in [0.4, 0.5) is 0 Å². The van der Waals surface area contributed by atoms with Gasteiger partial charge >= 0.3 is 0 Å². The van der Waals surface area contributed by atoms with Crippen LogP contribution < -0.4 is 5.32 Å². The Kier molecular flexibility index (Phi) is 4.24. The van der Waals surface area contributed by atoms with Crippen LogP contribution in [-0.2, 0) is 10.8 Å². The smallest absolute Gasteiger partial charge is 0.251 e. The maximum absolute atomic E-state index is 11.7. The normalized spacial score (nSPS) is 18.5. The van der Waals surface area contributed by atoms with Crippen molar-refractivity contribution in [2.45, 2.75) is 38.5 Å². The summed E-state index contributed by atoms with van der Waals surface area (Å²) in [6.45, 7) is 9.13. The Hall–Kier alpha value is -1.75. The summed E-state index contributed by atoms with van der Waals surface area (Å²) in [7, 11) is 1.64. The van der Waals surface area contributed by atoms with E-state index in [-0.39, 0.29) is 16.7 Å². The maximum Gasteiger partial charge on any atom is 0.251 e. The number of thioether (sulfide) groups is 1. The molecule has 0 atom stereocenters. The first-order chi connectivity index (χ1) is 11.2. The number of nitrogens with one attached hydrogen (secondary N) is 1. The number of nitrogens with zero attached hydrogens (tertiary/aromatic N) is 2. The van der Waals surface area contributed by atoms with Crippen molar-refractivity contribution in [2.75, 3.05) is 18.6 Å². The van der Waals surface area contributed by atoms with Crippen LogP contribution in [0.3, 0.4) is 0 Å². The zero-order valence-corrected chi connectivity index (χ0v) is 15.8. The van der Waals surface area contributed by atoms with E-state index < -0.39 is 0 Å². The van der Waals surface area contributed by atoms with Crippen LogP contribution in [0, 0.1) is 0 Å². The van der Waals surface area contributed by atoms with Crippen LogP contribution >= 0.6 is 11.8 Å². The molecule has 2 aromatic rings. The number of carbonyl (C=O) groups is 1. The highest BCUT2D eigenvalue weighted by molar-refractivity contribution is 7.99. The molecule has 0 saturated carbocycles. The predicted octanol–water partition coefficient (Wildman–Crippen LogP) is 3.53. The quantitative estimate of drug-likeness (QED) is 0.907. The van der Waals surface area contributed by atoms with Crippen LogP contribution in [0.15, 0.2) is 30.5 Å². The van der Waals surface area contributed by atoms with E-state index in [1.807, 2.05) is 40.7 Å². The van der Waals surface area contributed by atoms with Crippen LogP contribution in [0.1, 0.15) is 49.3 Å². The van der Waals surface area contributed by atoms with Crippen molar-refractivity contribution in [3.8, 4) is 5.69 Å². The molecule has 128 valence electrons. The first-order valence-corrected chi connectivity index (χ1v) is 9.41. The molecule has 0 radical (unpaired) electrons. The average Bonchev–Trinajstić information content (AvgIpc) is 2.98. The average molecular weight is 343 g/mol. The zero-order chi connectivity index (χ0) is 17.5. The lowest BCUT2D eigenvalue weighted by Crippen LogP contribution is -2.24. The van der Waals surface area contributed by atoms with E-state index in [9.17, 15) is 4.79 Å². The molecule has 1 aromatic carbocycles. The van der Waals surface area contributed by atoms with Gasteiger partial charge in [0.25, 0.3) is 5.91 Å². The fourth-order valence-electron chi connectivity index (χ4n) is 3.12. The maximum atomic E-state index is 11.7. The fourth-order valence-corrected chi connectivity index (χ4v) is 4.53. The van der Waals surface area contributed by atoms with Gasteiger partial charge in [-0.3, -0.25) is 4.79 Å². The minimum Gasteiger partial charge on any atom is -0.355 e. The van der Waals surface area contributed by atoms with E-state index >= 15 is 0 Å². The molecule has 4 nitrogen and oxygen atoms in total. The van der Waals surface area contributed by atoms with Gasteiger partial charge in [0.2, 0.25) is 0 Å². The van der Waals surface area contributed by atoms with Crippen molar-refractivity contribution in [3.05, 3.63) is 47.3 Å². The summed E-state index contributed by atoms with van der Waals surface area (Å²) in [5, 5.41) is 7.57. The highest BCUT2D eigenvalue weighted by Crippen LogP contribution is 2.41. The van der Waals surface area contributed by atoms with Gasteiger partial charge in [0, 0.05) is 46.7 Å². The number of fused-ring (bicyclic) bond motifs is 1. The topological polar surface area (TPSA) is 46.9 Å². The summed E-state index contributed by atoms with van der Waals surface area (Å²) >= 11 is 2.01. The van der Waals surface area contributed by atoms with E-state index in [1.54, 1.807) is 7.05 Å². The monoisotopic (exact) mass is 343 g/mol. The minimum atomic E-state index is -0.0721. The SMILES string of the molecule is CNC(=O)c1ccc(-n2cc3c(n2)C(C)(C)CSCC3(C)C)cc1. The Balaban J connectivity index is 2.04. The van der Waals surface area contributed by atoms with Crippen LogP contribution in [-0.4, -0.2) is 34.2 Å². The number of rotatable bonds is 2. The second kappa shape index (κ2) is 5.96. The molecule has 2 heterocycles. The molecule has 1 aliphatic heterocycles. The summed E-state index contributed by atoms with van der Waals surface area (Å²) in [6.07, 6.45) is 2.16. The molecule has 0 spiro atoms. The van der Waals surface area contributed by atoms with Gasteiger partial charge in [0.05, 0.1) is 11.4 Å². The third-order valence-electron chi connectivity index (χ3n) is 4.63. The number of carbonyl (C=O) groups excluding carboxylic acids is 1. The van der Waals surface area contributed by atoms with E-state index in [0.717, 1.165) is 17.2 Å². The molecule has 0 fully saturated rings. The Morgan fingerprint density at radius 3 is 2.38 bits per heavy atom. The lowest BCUT2D eigenvalue weighted by Gasteiger charge is -2.23. The standard InChI is InChI=1S/C19H25N3OS/c1-18(2)11-24-12-19(3,4)16-15(18)10-22(21-16)14-8-6-13(7-9-14)17(23)20-5/h6-10H,11-12H2,1-5H3,(H,20,23). The highest BCUT2D eigenvalue weighted by Gasteiger charge is 2.37. The van der Waals surface area contributed by atoms with Gasteiger partial charge in [-0.25, -0.2) is 4.68 Å². The molecule has 1 aliphatic rings. The van der Waals surface area contributed by atoms with Gasteiger partial charge in [0.15, 0.2) is 0 Å². The number of amides is 1. The predicted molar refractivity (Wildman–Crippen MR) is 100 cm³/mol. The molecule has 3 rings (SSSR count). The number of aromatic nitrogens is 2. The first-order valence-electron chi connectivity index (χ1n) is 8.25. The van der Waals surface area contributed by atoms with Gasteiger partial charge in [-0.1, -0.05) is 27.7 Å². The van der Waals surface area contributed by atoms with E-state index in [1.165, 1.54) is 11.3 Å². The Labute approximate surface area is 148 Å². The van der Waals surface area contributed by atoms with E-state index in [2.05, 4.69) is 39.2 Å². The van der Waals surface area contributed by atoms with Crippen molar-refractivity contribution in [1.82, 2.24) is 15.1 Å². The largest absolute Gasteiger partial charge is 0.355 e. The third-order valence-corrected chi connectivity index (χ3v) is 6.48. The Morgan fingerprint density at radius 1 is 1.12 bits per heavy atom. The molecule has 5 heteroatoms. The molecular formula is C19H25N3OS. The summed E-state index contributed by atoms with van der Waals surface area (Å²) in [6, 6.07) is 7.58. The lowest BCUT2D eigenvalue weighted by molar-refractivity contribution is 0.0963. The lowest BCUT2D eigenvalue weighted by atomic mass is 9.80. The molecule has 0 bridgehead atoms. The third kappa shape index (κ3) is 2.97. The highest BCUT2D eigenvalue weighted by atomic mass is 32.2. The molecule has 0 aliphatic carbocycles. The summed E-state index contributed by atoms with van der Waals surface area (Å²) in [4.78, 5) is 11.7. The molecule has 1 amide bonds. The molecule has 0 unspecified atom stereocenters.